The third-order valence-corrected chi connectivity index (χ3v) is 3.96. The van der Waals surface area contributed by atoms with E-state index in [0.29, 0.717) is 23.2 Å². The second kappa shape index (κ2) is 7.20. The number of amides is 1. The molecule has 0 radical (unpaired) electrons. The Morgan fingerprint density at radius 1 is 0.957 bits per heavy atom. The zero-order chi connectivity index (χ0) is 16.1. The topological polar surface area (TPSA) is 55.4 Å². The van der Waals surface area contributed by atoms with Crippen molar-refractivity contribution in [1.29, 1.82) is 0 Å². The van der Waals surface area contributed by atoms with Gasteiger partial charge in [0.15, 0.2) is 5.78 Å². The first-order valence-corrected chi connectivity index (χ1v) is 7.83. The molecule has 1 aliphatic heterocycles. The minimum Gasteiger partial charge on any atom is -0.376 e. The van der Waals surface area contributed by atoms with Gasteiger partial charge in [0.05, 0.1) is 6.10 Å². The second-order valence-electron chi connectivity index (χ2n) is 5.62. The van der Waals surface area contributed by atoms with Gasteiger partial charge in [-0.15, -0.1) is 0 Å². The SMILES string of the molecule is O=C(NCC1CCCO1)c1ccc(C(=O)c2ccccc2)cc1. The van der Waals surface area contributed by atoms with E-state index in [2.05, 4.69) is 5.32 Å². The second-order valence-corrected chi connectivity index (χ2v) is 5.62. The van der Waals surface area contributed by atoms with E-state index in [4.69, 9.17) is 4.74 Å². The Morgan fingerprint density at radius 2 is 1.61 bits per heavy atom. The number of carbonyl (C=O) groups is 2. The average Bonchev–Trinajstić information content (AvgIpc) is 3.13. The van der Waals surface area contributed by atoms with Crippen molar-refractivity contribution in [2.45, 2.75) is 18.9 Å². The third kappa shape index (κ3) is 3.85. The van der Waals surface area contributed by atoms with Gasteiger partial charge in [0.2, 0.25) is 0 Å². The van der Waals surface area contributed by atoms with Gasteiger partial charge in [0.25, 0.3) is 5.91 Å². The van der Waals surface area contributed by atoms with Crippen LogP contribution in [-0.2, 0) is 4.74 Å². The van der Waals surface area contributed by atoms with Gasteiger partial charge in [-0.1, -0.05) is 42.5 Å². The van der Waals surface area contributed by atoms with Gasteiger partial charge in [0.1, 0.15) is 0 Å². The summed E-state index contributed by atoms with van der Waals surface area (Å²) in [5.74, 6) is -0.184. The van der Waals surface area contributed by atoms with E-state index in [1.165, 1.54) is 0 Å². The van der Waals surface area contributed by atoms with Crippen molar-refractivity contribution in [1.82, 2.24) is 5.32 Å². The normalized spacial score (nSPS) is 17.0. The van der Waals surface area contributed by atoms with Gasteiger partial charge in [-0.05, 0) is 25.0 Å². The number of rotatable bonds is 5. The van der Waals surface area contributed by atoms with Crippen molar-refractivity contribution in [3.05, 3.63) is 71.3 Å². The Morgan fingerprint density at radius 3 is 2.26 bits per heavy atom. The summed E-state index contributed by atoms with van der Waals surface area (Å²) in [5, 5.41) is 2.87. The van der Waals surface area contributed by atoms with Crippen molar-refractivity contribution in [3.63, 3.8) is 0 Å². The summed E-state index contributed by atoms with van der Waals surface area (Å²) < 4.78 is 5.48. The van der Waals surface area contributed by atoms with Crippen molar-refractivity contribution in [2.24, 2.45) is 0 Å². The molecule has 0 aliphatic carbocycles. The van der Waals surface area contributed by atoms with Gasteiger partial charge in [-0.3, -0.25) is 9.59 Å². The average molecular weight is 309 g/mol. The summed E-state index contributed by atoms with van der Waals surface area (Å²) >= 11 is 0. The van der Waals surface area contributed by atoms with Gasteiger partial charge < -0.3 is 10.1 Å². The van der Waals surface area contributed by atoms with Crippen LogP contribution in [0, 0.1) is 0 Å². The molecule has 1 aliphatic rings. The molecule has 1 unspecified atom stereocenters. The monoisotopic (exact) mass is 309 g/mol. The maximum absolute atomic E-state index is 12.3. The molecular formula is C19H19NO3. The van der Waals surface area contributed by atoms with E-state index in [1.54, 1.807) is 36.4 Å². The number of benzene rings is 2. The summed E-state index contributed by atoms with van der Waals surface area (Å²) in [7, 11) is 0. The minimum atomic E-state index is -0.140. The minimum absolute atomic E-state index is 0.0445. The van der Waals surface area contributed by atoms with Crippen LogP contribution in [0.3, 0.4) is 0 Å². The molecule has 1 saturated heterocycles. The highest BCUT2D eigenvalue weighted by atomic mass is 16.5. The maximum Gasteiger partial charge on any atom is 0.251 e. The third-order valence-electron chi connectivity index (χ3n) is 3.96. The molecule has 4 nitrogen and oxygen atoms in total. The van der Waals surface area contributed by atoms with E-state index in [9.17, 15) is 9.59 Å². The van der Waals surface area contributed by atoms with Crippen molar-refractivity contribution < 1.29 is 14.3 Å². The van der Waals surface area contributed by atoms with Crippen molar-refractivity contribution in [3.8, 4) is 0 Å². The van der Waals surface area contributed by atoms with Crippen LogP contribution >= 0.6 is 0 Å². The summed E-state index contributed by atoms with van der Waals surface area (Å²) in [5.41, 5.74) is 1.77. The van der Waals surface area contributed by atoms with Crippen LogP contribution in [0.4, 0.5) is 0 Å². The standard InChI is InChI=1S/C19H19NO3/c21-18(14-5-2-1-3-6-14)15-8-10-16(11-9-15)19(22)20-13-17-7-4-12-23-17/h1-3,5-6,8-11,17H,4,7,12-13H2,(H,20,22). The van der Waals surface area contributed by atoms with Crippen LogP contribution in [0.2, 0.25) is 0 Å². The molecule has 1 atom stereocenters. The first kappa shape index (κ1) is 15.4. The molecule has 0 spiro atoms. The Hall–Kier alpha value is -2.46. The van der Waals surface area contributed by atoms with Crippen LogP contribution in [0.25, 0.3) is 0 Å². The van der Waals surface area contributed by atoms with Gasteiger partial charge in [0, 0.05) is 29.8 Å². The Labute approximate surface area is 135 Å². The quantitative estimate of drug-likeness (QED) is 0.864. The fraction of sp³-hybridized carbons (Fsp3) is 0.263. The van der Waals surface area contributed by atoms with Crippen LogP contribution in [0.1, 0.15) is 39.1 Å². The van der Waals surface area contributed by atoms with Crippen molar-refractivity contribution in [2.75, 3.05) is 13.2 Å². The van der Waals surface area contributed by atoms with Gasteiger partial charge >= 0.3 is 0 Å². The molecule has 2 aromatic rings. The number of hydrogen-bond donors (Lipinski definition) is 1. The molecule has 0 aromatic heterocycles. The zero-order valence-electron chi connectivity index (χ0n) is 12.8. The molecule has 23 heavy (non-hydrogen) atoms. The lowest BCUT2D eigenvalue weighted by atomic mass is 10.0. The number of hydrogen-bond acceptors (Lipinski definition) is 3. The van der Waals surface area contributed by atoms with E-state index in [-0.39, 0.29) is 17.8 Å². The van der Waals surface area contributed by atoms with E-state index < -0.39 is 0 Å². The summed E-state index contributed by atoms with van der Waals surface area (Å²) in [4.78, 5) is 24.4. The highest BCUT2D eigenvalue weighted by molar-refractivity contribution is 6.09. The molecule has 0 saturated carbocycles. The van der Waals surface area contributed by atoms with Gasteiger partial charge in [-0.25, -0.2) is 0 Å². The van der Waals surface area contributed by atoms with Crippen LogP contribution in [0.15, 0.2) is 54.6 Å². The fourth-order valence-corrected chi connectivity index (χ4v) is 2.64. The zero-order valence-corrected chi connectivity index (χ0v) is 12.8. The smallest absolute Gasteiger partial charge is 0.251 e. The molecule has 1 amide bonds. The lowest BCUT2D eigenvalue weighted by Gasteiger charge is -2.11. The summed E-state index contributed by atoms with van der Waals surface area (Å²) in [6.07, 6.45) is 2.17. The predicted molar refractivity (Wildman–Crippen MR) is 87.6 cm³/mol. The van der Waals surface area contributed by atoms with Crippen molar-refractivity contribution >= 4 is 11.7 Å². The Kier molecular flexibility index (Phi) is 4.83. The molecule has 3 rings (SSSR count). The molecule has 1 N–H and O–H groups in total. The molecule has 4 heteroatoms. The predicted octanol–water partition coefficient (Wildman–Crippen LogP) is 2.83. The molecule has 2 aromatic carbocycles. The summed E-state index contributed by atoms with van der Waals surface area (Å²) in [6, 6.07) is 15.8. The van der Waals surface area contributed by atoms with Crippen LogP contribution < -0.4 is 5.32 Å². The Balaban J connectivity index is 1.62. The lowest BCUT2D eigenvalue weighted by molar-refractivity contribution is 0.0857. The van der Waals surface area contributed by atoms with E-state index >= 15 is 0 Å². The van der Waals surface area contributed by atoms with Crippen LogP contribution in [0.5, 0.6) is 0 Å². The highest BCUT2D eigenvalue weighted by Crippen LogP contribution is 2.13. The maximum atomic E-state index is 12.3. The van der Waals surface area contributed by atoms with Gasteiger partial charge in [-0.2, -0.15) is 0 Å². The first-order chi connectivity index (χ1) is 11.2. The Bertz CT molecular complexity index is 674. The summed E-state index contributed by atoms with van der Waals surface area (Å²) in [6.45, 7) is 1.31. The number of nitrogens with one attached hydrogen (secondary N) is 1. The lowest BCUT2D eigenvalue weighted by Crippen LogP contribution is -2.31. The fourth-order valence-electron chi connectivity index (χ4n) is 2.64. The largest absolute Gasteiger partial charge is 0.376 e. The molecular weight excluding hydrogens is 290 g/mol. The van der Waals surface area contributed by atoms with E-state index in [0.717, 1.165) is 19.4 Å². The highest BCUT2D eigenvalue weighted by Gasteiger charge is 2.17. The molecule has 1 heterocycles. The van der Waals surface area contributed by atoms with Crippen LogP contribution in [-0.4, -0.2) is 30.9 Å². The number of ether oxygens (including phenoxy) is 1. The number of carbonyl (C=O) groups excluding carboxylic acids is 2. The molecule has 0 bridgehead atoms. The van der Waals surface area contributed by atoms with E-state index in [1.807, 2.05) is 18.2 Å². The number of ketones is 1. The first-order valence-electron chi connectivity index (χ1n) is 7.83. The molecule has 1 fully saturated rings. The molecule has 118 valence electrons.